The van der Waals surface area contributed by atoms with Crippen molar-refractivity contribution in [2.45, 2.75) is 45.6 Å². The van der Waals surface area contributed by atoms with E-state index in [2.05, 4.69) is 19.2 Å². The van der Waals surface area contributed by atoms with Gasteiger partial charge in [0, 0.05) is 19.3 Å². The van der Waals surface area contributed by atoms with Crippen LogP contribution in [0.3, 0.4) is 0 Å². The van der Waals surface area contributed by atoms with Crippen molar-refractivity contribution in [3.05, 3.63) is 0 Å². The lowest BCUT2D eigenvalue weighted by Crippen LogP contribution is -2.35. The molecule has 0 aliphatic carbocycles. The Morgan fingerprint density at radius 1 is 1.31 bits per heavy atom. The molecule has 2 atom stereocenters. The van der Waals surface area contributed by atoms with E-state index in [0.717, 1.165) is 25.7 Å². The largest absolute Gasteiger partial charge is 0.381 e. The number of ether oxygens (including phenoxy) is 1. The summed E-state index contributed by atoms with van der Waals surface area (Å²) in [7, 11) is 0. The Balaban J connectivity index is 2.35. The normalized spacial score (nSPS) is 26.8. The van der Waals surface area contributed by atoms with Crippen LogP contribution >= 0.6 is 0 Å². The van der Waals surface area contributed by atoms with E-state index in [-0.39, 0.29) is 0 Å². The topological polar surface area (TPSA) is 21.3 Å². The lowest BCUT2D eigenvalue weighted by molar-refractivity contribution is 0.139. The van der Waals surface area contributed by atoms with Crippen LogP contribution in [-0.2, 0) is 4.74 Å². The minimum atomic E-state index is 0.715. The number of rotatable bonds is 4. The Hall–Kier alpha value is -0.0800. The van der Waals surface area contributed by atoms with E-state index in [1.165, 1.54) is 25.7 Å². The van der Waals surface area contributed by atoms with Crippen molar-refractivity contribution < 1.29 is 4.74 Å². The fourth-order valence-electron chi connectivity index (χ4n) is 2.24. The van der Waals surface area contributed by atoms with Crippen molar-refractivity contribution in [3.63, 3.8) is 0 Å². The summed E-state index contributed by atoms with van der Waals surface area (Å²) < 4.78 is 5.47. The second kappa shape index (κ2) is 6.39. The van der Waals surface area contributed by atoms with Gasteiger partial charge >= 0.3 is 0 Å². The molecular weight excluding hydrogens is 162 g/mol. The summed E-state index contributed by atoms with van der Waals surface area (Å²) in [6, 6.07) is 0.715. The zero-order valence-electron chi connectivity index (χ0n) is 9.01. The van der Waals surface area contributed by atoms with Gasteiger partial charge in [0.15, 0.2) is 0 Å². The molecule has 1 heterocycles. The van der Waals surface area contributed by atoms with Gasteiger partial charge in [-0.2, -0.15) is 0 Å². The van der Waals surface area contributed by atoms with Gasteiger partial charge < -0.3 is 10.1 Å². The Morgan fingerprint density at radius 3 is 2.85 bits per heavy atom. The molecule has 0 aromatic rings. The summed E-state index contributed by atoms with van der Waals surface area (Å²) in [5.74, 6) is 0.840. The highest BCUT2D eigenvalue weighted by Crippen LogP contribution is 2.21. The van der Waals surface area contributed by atoms with Crippen LogP contribution in [0, 0.1) is 5.92 Å². The van der Waals surface area contributed by atoms with E-state index in [9.17, 15) is 0 Å². The first-order chi connectivity index (χ1) is 6.38. The van der Waals surface area contributed by atoms with Gasteiger partial charge in [0.25, 0.3) is 0 Å². The molecule has 1 rings (SSSR count). The summed E-state index contributed by atoms with van der Waals surface area (Å²) in [6.45, 7) is 7.50. The van der Waals surface area contributed by atoms with E-state index in [1.807, 2.05) is 0 Å². The molecule has 1 N–H and O–H groups in total. The van der Waals surface area contributed by atoms with Crippen LogP contribution in [0.4, 0.5) is 0 Å². The quantitative estimate of drug-likeness (QED) is 0.725. The maximum atomic E-state index is 5.47. The molecule has 1 aliphatic rings. The number of hydrogen-bond acceptors (Lipinski definition) is 2. The summed E-state index contributed by atoms with van der Waals surface area (Å²) in [4.78, 5) is 0. The Kier molecular flexibility index (Phi) is 5.40. The summed E-state index contributed by atoms with van der Waals surface area (Å²) in [5, 5.41) is 3.57. The minimum absolute atomic E-state index is 0.715. The predicted molar refractivity (Wildman–Crippen MR) is 55.9 cm³/mol. The van der Waals surface area contributed by atoms with Crippen LogP contribution in [0.1, 0.15) is 39.5 Å². The van der Waals surface area contributed by atoms with Gasteiger partial charge in [-0.3, -0.25) is 0 Å². The second-order valence-electron chi connectivity index (χ2n) is 3.88. The fraction of sp³-hybridized carbons (Fsp3) is 1.00. The van der Waals surface area contributed by atoms with E-state index < -0.39 is 0 Å². The summed E-state index contributed by atoms with van der Waals surface area (Å²) in [6.07, 6.45) is 5.07. The molecule has 0 bridgehead atoms. The molecule has 1 fully saturated rings. The zero-order valence-corrected chi connectivity index (χ0v) is 9.01. The highest BCUT2D eigenvalue weighted by molar-refractivity contribution is 4.76. The molecule has 0 amide bonds. The molecule has 13 heavy (non-hydrogen) atoms. The zero-order chi connectivity index (χ0) is 9.52. The van der Waals surface area contributed by atoms with E-state index in [0.29, 0.717) is 6.04 Å². The third-order valence-corrected chi connectivity index (χ3v) is 2.97. The van der Waals surface area contributed by atoms with Crippen molar-refractivity contribution in [2.24, 2.45) is 5.92 Å². The number of nitrogens with one attached hydrogen (secondary N) is 1. The van der Waals surface area contributed by atoms with Gasteiger partial charge in [-0.05, 0) is 38.1 Å². The van der Waals surface area contributed by atoms with Crippen LogP contribution in [0.15, 0.2) is 0 Å². The highest BCUT2D eigenvalue weighted by Gasteiger charge is 2.20. The molecule has 0 saturated carbocycles. The Bertz CT molecular complexity index is 119. The summed E-state index contributed by atoms with van der Waals surface area (Å²) in [5.41, 5.74) is 0. The first-order valence-electron chi connectivity index (χ1n) is 5.69. The maximum absolute atomic E-state index is 5.47. The molecule has 78 valence electrons. The molecule has 2 nitrogen and oxygen atoms in total. The molecular formula is C11H23NO. The SMILES string of the molecule is CCNC(CC)C1CCCOCC1. The smallest absolute Gasteiger partial charge is 0.0469 e. The molecule has 0 spiro atoms. The van der Waals surface area contributed by atoms with Gasteiger partial charge in [-0.1, -0.05) is 13.8 Å². The van der Waals surface area contributed by atoms with Crippen LogP contribution in [0.5, 0.6) is 0 Å². The van der Waals surface area contributed by atoms with Gasteiger partial charge in [-0.25, -0.2) is 0 Å². The van der Waals surface area contributed by atoms with E-state index in [1.54, 1.807) is 0 Å². The monoisotopic (exact) mass is 185 g/mol. The number of hydrogen-bond donors (Lipinski definition) is 1. The van der Waals surface area contributed by atoms with Gasteiger partial charge in [-0.15, -0.1) is 0 Å². The molecule has 2 heteroatoms. The van der Waals surface area contributed by atoms with Crippen LogP contribution in [0.2, 0.25) is 0 Å². The standard InChI is InChI=1S/C11H23NO/c1-3-11(12-4-2)10-6-5-8-13-9-7-10/h10-12H,3-9H2,1-2H3. The average molecular weight is 185 g/mol. The molecule has 0 radical (unpaired) electrons. The average Bonchev–Trinajstić information content (AvgIpc) is 2.42. The first-order valence-corrected chi connectivity index (χ1v) is 5.69. The van der Waals surface area contributed by atoms with Crippen molar-refractivity contribution in [3.8, 4) is 0 Å². The van der Waals surface area contributed by atoms with Crippen LogP contribution < -0.4 is 5.32 Å². The lowest BCUT2D eigenvalue weighted by atomic mass is 9.90. The first kappa shape index (κ1) is 11.0. The predicted octanol–water partition coefficient (Wildman–Crippen LogP) is 2.19. The lowest BCUT2D eigenvalue weighted by Gasteiger charge is -2.25. The summed E-state index contributed by atoms with van der Waals surface area (Å²) >= 11 is 0. The van der Waals surface area contributed by atoms with Crippen molar-refractivity contribution >= 4 is 0 Å². The van der Waals surface area contributed by atoms with Crippen molar-refractivity contribution in [1.29, 1.82) is 0 Å². The highest BCUT2D eigenvalue weighted by atomic mass is 16.5. The Morgan fingerprint density at radius 2 is 2.15 bits per heavy atom. The third-order valence-electron chi connectivity index (χ3n) is 2.97. The second-order valence-corrected chi connectivity index (χ2v) is 3.88. The Labute approximate surface area is 82.0 Å². The van der Waals surface area contributed by atoms with Crippen LogP contribution in [0.25, 0.3) is 0 Å². The molecule has 0 aromatic carbocycles. The van der Waals surface area contributed by atoms with Gasteiger partial charge in [0.05, 0.1) is 0 Å². The van der Waals surface area contributed by atoms with E-state index in [4.69, 9.17) is 4.74 Å². The van der Waals surface area contributed by atoms with Gasteiger partial charge in [0.2, 0.25) is 0 Å². The van der Waals surface area contributed by atoms with Gasteiger partial charge in [0.1, 0.15) is 0 Å². The van der Waals surface area contributed by atoms with Crippen molar-refractivity contribution in [1.82, 2.24) is 5.32 Å². The van der Waals surface area contributed by atoms with Crippen LogP contribution in [-0.4, -0.2) is 25.8 Å². The minimum Gasteiger partial charge on any atom is -0.381 e. The molecule has 1 saturated heterocycles. The van der Waals surface area contributed by atoms with Crippen molar-refractivity contribution in [2.75, 3.05) is 19.8 Å². The molecule has 1 aliphatic heterocycles. The maximum Gasteiger partial charge on any atom is 0.0469 e. The molecule has 0 aromatic heterocycles. The molecule has 2 unspecified atom stereocenters. The van der Waals surface area contributed by atoms with E-state index >= 15 is 0 Å². The fourth-order valence-corrected chi connectivity index (χ4v) is 2.24. The third kappa shape index (κ3) is 3.65.